The zero-order valence-electron chi connectivity index (χ0n) is 13.6. The molecule has 1 saturated carbocycles. The van der Waals surface area contributed by atoms with Crippen LogP contribution in [0.2, 0.25) is 0 Å². The number of rotatable bonds is 11. The quantitative estimate of drug-likeness (QED) is 0.348. The van der Waals surface area contributed by atoms with E-state index in [9.17, 15) is 0 Å². The summed E-state index contributed by atoms with van der Waals surface area (Å²) in [5, 5.41) is 6.70. The molecule has 118 valence electrons. The highest BCUT2D eigenvalue weighted by Crippen LogP contribution is 2.33. The summed E-state index contributed by atoms with van der Waals surface area (Å²) in [6.45, 7) is 10.9. The van der Waals surface area contributed by atoms with Crippen LogP contribution in [0.25, 0.3) is 0 Å². The van der Waals surface area contributed by atoms with Gasteiger partial charge in [-0.05, 0) is 38.0 Å². The van der Waals surface area contributed by atoms with Crippen molar-refractivity contribution in [3.8, 4) is 0 Å². The van der Waals surface area contributed by atoms with Gasteiger partial charge in [-0.25, -0.2) is 0 Å². The third-order valence-corrected chi connectivity index (χ3v) is 3.29. The van der Waals surface area contributed by atoms with Crippen LogP contribution in [0.15, 0.2) is 4.99 Å². The minimum atomic E-state index is 0.615. The number of hydrogen-bond acceptors (Lipinski definition) is 2. The van der Waals surface area contributed by atoms with Crippen LogP contribution in [0.1, 0.15) is 52.9 Å². The molecule has 20 heavy (non-hydrogen) atoms. The largest absolute Gasteiger partial charge is 0.381 e. The molecule has 0 aromatic rings. The molecule has 2 N–H and O–H groups in total. The van der Waals surface area contributed by atoms with Gasteiger partial charge < -0.3 is 15.4 Å². The average molecular weight is 283 g/mol. The molecule has 0 amide bonds. The predicted molar refractivity (Wildman–Crippen MR) is 86.2 cm³/mol. The van der Waals surface area contributed by atoms with E-state index in [0.717, 1.165) is 51.1 Å². The standard InChI is InChI=1S/C16H33N3O/c1-4-17-16(18-10-5-7-15-8-9-15)19-11-6-12-20-13-14(2)3/h14-15H,4-13H2,1-3H3,(H2,17,18,19). The zero-order valence-corrected chi connectivity index (χ0v) is 13.6. The monoisotopic (exact) mass is 283 g/mol. The van der Waals surface area contributed by atoms with E-state index in [1.54, 1.807) is 0 Å². The Kier molecular flexibility index (Phi) is 9.46. The highest BCUT2D eigenvalue weighted by Gasteiger charge is 2.19. The first-order chi connectivity index (χ1) is 9.72. The third-order valence-electron chi connectivity index (χ3n) is 3.29. The molecule has 1 aliphatic rings. The summed E-state index contributed by atoms with van der Waals surface area (Å²) in [5.74, 6) is 2.59. The van der Waals surface area contributed by atoms with Gasteiger partial charge in [0.25, 0.3) is 0 Å². The fourth-order valence-corrected chi connectivity index (χ4v) is 2.02. The lowest BCUT2D eigenvalue weighted by atomic mass is 10.2. The fraction of sp³-hybridized carbons (Fsp3) is 0.938. The topological polar surface area (TPSA) is 45.7 Å². The number of nitrogens with zero attached hydrogens (tertiary/aromatic N) is 1. The molecule has 1 fully saturated rings. The normalized spacial score (nSPS) is 15.7. The summed E-state index contributed by atoms with van der Waals surface area (Å²) in [5.41, 5.74) is 0. The molecule has 4 nitrogen and oxygen atoms in total. The van der Waals surface area contributed by atoms with Gasteiger partial charge in [0.2, 0.25) is 0 Å². The Morgan fingerprint density at radius 3 is 2.70 bits per heavy atom. The van der Waals surface area contributed by atoms with E-state index in [2.05, 4.69) is 36.4 Å². The number of nitrogens with one attached hydrogen (secondary N) is 2. The summed E-state index contributed by atoms with van der Waals surface area (Å²) >= 11 is 0. The molecule has 0 saturated heterocycles. The van der Waals surface area contributed by atoms with Gasteiger partial charge in [0, 0.05) is 32.8 Å². The van der Waals surface area contributed by atoms with Crippen LogP contribution in [-0.4, -0.2) is 38.8 Å². The van der Waals surface area contributed by atoms with E-state index in [4.69, 9.17) is 4.74 Å². The first kappa shape index (κ1) is 17.3. The maximum atomic E-state index is 5.56. The summed E-state index contributed by atoms with van der Waals surface area (Å²) in [4.78, 5) is 4.58. The molecule has 0 aliphatic heterocycles. The Morgan fingerprint density at radius 2 is 2.05 bits per heavy atom. The van der Waals surface area contributed by atoms with E-state index in [1.807, 2.05) is 0 Å². The molecule has 4 heteroatoms. The SMILES string of the molecule is CCNC(=NCCCOCC(C)C)NCCCC1CC1. The van der Waals surface area contributed by atoms with Crippen molar-refractivity contribution in [2.75, 3.05) is 32.8 Å². The lowest BCUT2D eigenvalue weighted by Gasteiger charge is -2.11. The van der Waals surface area contributed by atoms with Crippen molar-refractivity contribution in [1.82, 2.24) is 10.6 Å². The van der Waals surface area contributed by atoms with Crippen LogP contribution in [0.3, 0.4) is 0 Å². The molecular formula is C16H33N3O. The lowest BCUT2D eigenvalue weighted by Crippen LogP contribution is -2.37. The highest BCUT2D eigenvalue weighted by molar-refractivity contribution is 5.79. The zero-order chi connectivity index (χ0) is 14.6. The van der Waals surface area contributed by atoms with Crippen molar-refractivity contribution >= 4 is 5.96 Å². The van der Waals surface area contributed by atoms with Crippen LogP contribution in [-0.2, 0) is 4.74 Å². The first-order valence-electron chi connectivity index (χ1n) is 8.32. The Bertz CT molecular complexity index is 262. The molecule has 0 radical (unpaired) electrons. The molecule has 0 unspecified atom stereocenters. The maximum Gasteiger partial charge on any atom is 0.191 e. The number of hydrogen-bond donors (Lipinski definition) is 2. The molecule has 0 heterocycles. The average Bonchev–Trinajstić information content (AvgIpc) is 3.22. The summed E-state index contributed by atoms with van der Waals surface area (Å²) in [7, 11) is 0. The highest BCUT2D eigenvalue weighted by atomic mass is 16.5. The summed E-state index contributed by atoms with van der Waals surface area (Å²) in [6, 6.07) is 0. The van der Waals surface area contributed by atoms with E-state index in [0.29, 0.717) is 5.92 Å². The number of ether oxygens (including phenoxy) is 1. The lowest BCUT2D eigenvalue weighted by molar-refractivity contribution is 0.109. The second-order valence-electron chi connectivity index (χ2n) is 6.10. The third kappa shape index (κ3) is 10.1. The van der Waals surface area contributed by atoms with Gasteiger partial charge in [-0.3, -0.25) is 4.99 Å². The van der Waals surface area contributed by atoms with Crippen LogP contribution in [0.4, 0.5) is 0 Å². The Morgan fingerprint density at radius 1 is 1.25 bits per heavy atom. The van der Waals surface area contributed by atoms with Crippen molar-refractivity contribution in [3.05, 3.63) is 0 Å². The molecule has 1 rings (SSSR count). The van der Waals surface area contributed by atoms with E-state index >= 15 is 0 Å². The summed E-state index contributed by atoms with van der Waals surface area (Å²) in [6.07, 6.45) is 6.52. The van der Waals surface area contributed by atoms with Gasteiger partial charge in [-0.2, -0.15) is 0 Å². The van der Waals surface area contributed by atoms with Crippen molar-refractivity contribution in [1.29, 1.82) is 0 Å². The van der Waals surface area contributed by atoms with Crippen LogP contribution >= 0.6 is 0 Å². The molecular weight excluding hydrogens is 250 g/mol. The first-order valence-corrected chi connectivity index (χ1v) is 8.32. The van der Waals surface area contributed by atoms with E-state index in [-0.39, 0.29) is 0 Å². The van der Waals surface area contributed by atoms with Gasteiger partial charge in [-0.1, -0.05) is 26.7 Å². The van der Waals surface area contributed by atoms with Crippen LogP contribution < -0.4 is 10.6 Å². The minimum Gasteiger partial charge on any atom is -0.381 e. The molecule has 0 aromatic carbocycles. The molecule has 0 atom stereocenters. The second kappa shape index (κ2) is 11.0. The van der Waals surface area contributed by atoms with E-state index < -0.39 is 0 Å². The molecule has 0 spiro atoms. The van der Waals surface area contributed by atoms with Gasteiger partial charge in [-0.15, -0.1) is 0 Å². The van der Waals surface area contributed by atoms with Gasteiger partial charge in [0.15, 0.2) is 5.96 Å². The van der Waals surface area contributed by atoms with Crippen molar-refractivity contribution in [2.24, 2.45) is 16.8 Å². The number of guanidine groups is 1. The smallest absolute Gasteiger partial charge is 0.191 e. The van der Waals surface area contributed by atoms with Gasteiger partial charge >= 0.3 is 0 Å². The van der Waals surface area contributed by atoms with E-state index in [1.165, 1.54) is 25.7 Å². The fourth-order valence-electron chi connectivity index (χ4n) is 2.02. The van der Waals surface area contributed by atoms with Gasteiger partial charge in [0.1, 0.15) is 0 Å². The van der Waals surface area contributed by atoms with Crippen molar-refractivity contribution < 1.29 is 4.74 Å². The molecule has 0 bridgehead atoms. The van der Waals surface area contributed by atoms with Crippen molar-refractivity contribution in [3.63, 3.8) is 0 Å². The van der Waals surface area contributed by atoms with Crippen molar-refractivity contribution in [2.45, 2.75) is 52.9 Å². The predicted octanol–water partition coefficient (Wildman–Crippen LogP) is 2.79. The maximum absolute atomic E-state index is 5.56. The Balaban J connectivity index is 2.03. The molecule has 1 aliphatic carbocycles. The second-order valence-corrected chi connectivity index (χ2v) is 6.10. The van der Waals surface area contributed by atoms with Crippen LogP contribution in [0.5, 0.6) is 0 Å². The van der Waals surface area contributed by atoms with Gasteiger partial charge in [0.05, 0.1) is 0 Å². The minimum absolute atomic E-state index is 0.615. The summed E-state index contributed by atoms with van der Waals surface area (Å²) < 4.78 is 5.56. The Labute approximate surface area is 124 Å². The van der Waals surface area contributed by atoms with Crippen LogP contribution in [0, 0.1) is 11.8 Å². The molecule has 0 aromatic heterocycles. The number of aliphatic imine (C=N–C) groups is 1. The Hall–Kier alpha value is -0.770.